The van der Waals surface area contributed by atoms with E-state index >= 15 is 0 Å². The van der Waals surface area contributed by atoms with Crippen molar-refractivity contribution >= 4 is 18.0 Å². The van der Waals surface area contributed by atoms with Gasteiger partial charge >= 0.3 is 0 Å². The Labute approximate surface area is 130 Å². The first-order valence-electron chi connectivity index (χ1n) is 8.31. The second-order valence-corrected chi connectivity index (χ2v) is 6.64. The lowest BCUT2D eigenvalue weighted by molar-refractivity contribution is 0.231. The van der Waals surface area contributed by atoms with Gasteiger partial charge in [-0.25, -0.2) is 0 Å². The van der Waals surface area contributed by atoms with Gasteiger partial charge in [0.25, 0.3) is 0 Å². The number of piperazine rings is 1. The number of rotatable bonds is 1. The van der Waals surface area contributed by atoms with Crippen LogP contribution in [0.5, 0.6) is 0 Å². The average Bonchev–Trinajstić information content (AvgIpc) is 3.19. The maximum absolute atomic E-state index is 4.62. The Morgan fingerprint density at radius 3 is 3.18 bits per heavy atom. The van der Waals surface area contributed by atoms with Gasteiger partial charge in [0.05, 0.1) is 11.4 Å². The van der Waals surface area contributed by atoms with Crippen LogP contribution < -0.4 is 4.90 Å². The highest BCUT2D eigenvalue weighted by molar-refractivity contribution is 5.86. The van der Waals surface area contributed by atoms with Gasteiger partial charge in [-0.2, -0.15) is 0 Å². The van der Waals surface area contributed by atoms with Crippen molar-refractivity contribution in [3.8, 4) is 0 Å². The molecule has 4 heteroatoms. The Morgan fingerprint density at radius 2 is 2.18 bits per heavy atom. The van der Waals surface area contributed by atoms with Gasteiger partial charge < -0.3 is 4.90 Å². The van der Waals surface area contributed by atoms with Crippen LogP contribution in [0.25, 0.3) is 6.08 Å². The highest BCUT2D eigenvalue weighted by Crippen LogP contribution is 2.36. The molecule has 0 radical (unpaired) electrons. The lowest BCUT2D eigenvalue weighted by atomic mass is 9.94. The molecule has 4 heterocycles. The van der Waals surface area contributed by atoms with Crippen molar-refractivity contribution < 1.29 is 0 Å². The number of aliphatic imine (C=N–C) groups is 1. The molecule has 0 amide bonds. The highest BCUT2D eigenvalue weighted by atomic mass is 15.3. The molecule has 0 spiro atoms. The van der Waals surface area contributed by atoms with Gasteiger partial charge in [-0.1, -0.05) is 0 Å². The molecule has 0 saturated carbocycles. The van der Waals surface area contributed by atoms with Crippen LogP contribution >= 0.6 is 0 Å². The molecule has 0 aromatic carbocycles. The fourth-order valence-electron chi connectivity index (χ4n) is 4.26. The zero-order chi connectivity index (χ0) is 14.5. The van der Waals surface area contributed by atoms with E-state index in [2.05, 4.69) is 38.0 Å². The smallest absolute Gasteiger partial charge is 0.0673 e. The molecule has 0 bridgehead atoms. The van der Waals surface area contributed by atoms with Crippen molar-refractivity contribution in [2.75, 3.05) is 31.1 Å². The molecule has 4 nitrogen and oxygen atoms in total. The highest BCUT2D eigenvalue weighted by Gasteiger charge is 2.32. The first-order valence-corrected chi connectivity index (χ1v) is 8.31. The zero-order valence-corrected chi connectivity index (χ0v) is 12.7. The number of fused-ring (bicyclic) bond motifs is 3. The van der Waals surface area contributed by atoms with Crippen molar-refractivity contribution in [2.45, 2.75) is 25.3 Å². The van der Waals surface area contributed by atoms with Gasteiger partial charge in [-0.3, -0.25) is 14.9 Å². The van der Waals surface area contributed by atoms with Crippen LogP contribution in [0.4, 0.5) is 5.69 Å². The summed E-state index contributed by atoms with van der Waals surface area (Å²) in [6.45, 7) is 4.77. The average molecular weight is 292 g/mol. The third kappa shape index (κ3) is 1.87. The lowest BCUT2D eigenvalue weighted by Crippen LogP contribution is -2.50. The standard InChI is InChI=1S/C18H20N4/c1-2-14-12-22(9-8-21(14)7-1)18-4-6-20-17-10-13-3-5-19-16(13)11-15(17)18/h3-6,11,14H,1-2,7-10,12H2. The number of anilines is 1. The summed E-state index contributed by atoms with van der Waals surface area (Å²) in [5.74, 6) is 0. The van der Waals surface area contributed by atoms with E-state index in [1.54, 1.807) is 0 Å². The summed E-state index contributed by atoms with van der Waals surface area (Å²) >= 11 is 0. The topological polar surface area (TPSA) is 31.7 Å². The second-order valence-electron chi connectivity index (χ2n) is 6.64. The predicted molar refractivity (Wildman–Crippen MR) is 89.3 cm³/mol. The van der Waals surface area contributed by atoms with Gasteiger partial charge in [0.15, 0.2) is 0 Å². The first kappa shape index (κ1) is 12.6. The molecule has 1 aromatic rings. The van der Waals surface area contributed by atoms with Crippen molar-refractivity contribution in [2.24, 2.45) is 4.99 Å². The quantitative estimate of drug-likeness (QED) is 0.796. The molecule has 2 saturated heterocycles. The molecular weight excluding hydrogens is 272 g/mol. The third-order valence-corrected chi connectivity index (χ3v) is 5.43. The zero-order valence-electron chi connectivity index (χ0n) is 12.7. The Morgan fingerprint density at radius 1 is 1.18 bits per heavy atom. The van der Waals surface area contributed by atoms with Crippen LogP contribution in [0.15, 0.2) is 34.6 Å². The molecule has 0 N–H and O–H groups in total. The maximum atomic E-state index is 4.62. The lowest BCUT2D eigenvalue weighted by Gasteiger charge is -2.39. The van der Waals surface area contributed by atoms with E-state index in [1.165, 1.54) is 48.4 Å². The van der Waals surface area contributed by atoms with Gasteiger partial charge in [-0.15, -0.1) is 0 Å². The Bertz CT molecular complexity index is 716. The van der Waals surface area contributed by atoms with Crippen LogP contribution in [0.2, 0.25) is 0 Å². The normalized spacial score (nSPS) is 26.4. The molecule has 22 heavy (non-hydrogen) atoms. The SMILES string of the molecule is C1=NC2=Cc3c(N4CCN5CCCC5C4)ccnc3CC2=C1. The summed E-state index contributed by atoms with van der Waals surface area (Å²) in [5.41, 5.74) is 6.27. The number of allylic oxidation sites excluding steroid dienone is 2. The molecule has 1 aliphatic carbocycles. The van der Waals surface area contributed by atoms with Crippen LogP contribution in [-0.4, -0.2) is 48.3 Å². The number of hydrogen-bond acceptors (Lipinski definition) is 4. The Kier molecular flexibility index (Phi) is 2.74. The monoisotopic (exact) mass is 292 g/mol. The maximum Gasteiger partial charge on any atom is 0.0673 e. The Hall–Kier alpha value is -1.94. The second kappa shape index (κ2) is 4.78. The number of aromatic nitrogens is 1. The van der Waals surface area contributed by atoms with Crippen molar-refractivity contribution in [3.63, 3.8) is 0 Å². The minimum Gasteiger partial charge on any atom is -0.368 e. The first-order chi connectivity index (χ1) is 10.9. The van der Waals surface area contributed by atoms with E-state index in [9.17, 15) is 0 Å². The number of hydrogen-bond donors (Lipinski definition) is 0. The molecule has 1 unspecified atom stereocenters. The fraction of sp³-hybridized carbons (Fsp3) is 0.444. The Balaban J connectivity index is 1.52. The molecule has 112 valence electrons. The van der Waals surface area contributed by atoms with E-state index < -0.39 is 0 Å². The van der Waals surface area contributed by atoms with Gasteiger partial charge in [0.1, 0.15) is 0 Å². The molecule has 4 aliphatic rings. The molecule has 1 aromatic heterocycles. The van der Waals surface area contributed by atoms with Gasteiger partial charge in [0.2, 0.25) is 0 Å². The van der Waals surface area contributed by atoms with Crippen LogP contribution in [0.3, 0.4) is 0 Å². The van der Waals surface area contributed by atoms with Crippen molar-refractivity contribution in [1.29, 1.82) is 0 Å². The summed E-state index contributed by atoms with van der Waals surface area (Å²) in [6.07, 6.45) is 11.9. The fourth-order valence-corrected chi connectivity index (χ4v) is 4.26. The van der Waals surface area contributed by atoms with E-state index in [0.29, 0.717) is 0 Å². The molecular formula is C18H20N4. The predicted octanol–water partition coefficient (Wildman–Crippen LogP) is 2.27. The third-order valence-electron chi connectivity index (χ3n) is 5.43. The molecule has 5 rings (SSSR count). The minimum atomic E-state index is 0.744. The van der Waals surface area contributed by atoms with E-state index in [-0.39, 0.29) is 0 Å². The summed E-state index contributed by atoms with van der Waals surface area (Å²) in [6, 6.07) is 2.93. The van der Waals surface area contributed by atoms with Gasteiger partial charge in [-0.05, 0) is 43.2 Å². The summed E-state index contributed by atoms with van der Waals surface area (Å²) in [7, 11) is 0. The summed E-state index contributed by atoms with van der Waals surface area (Å²) in [4.78, 5) is 14.3. The molecule has 2 fully saturated rings. The molecule has 3 aliphatic heterocycles. The van der Waals surface area contributed by atoms with E-state index in [1.807, 2.05) is 12.4 Å². The van der Waals surface area contributed by atoms with E-state index in [0.717, 1.165) is 31.2 Å². The largest absolute Gasteiger partial charge is 0.368 e. The van der Waals surface area contributed by atoms with Crippen LogP contribution in [0, 0.1) is 0 Å². The summed E-state index contributed by atoms with van der Waals surface area (Å²) < 4.78 is 0. The minimum absolute atomic E-state index is 0.744. The van der Waals surface area contributed by atoms with Gasteiger partial charge in [0, 0.05) is 55.8 Å². The van der Waals surface area contributed by atoms with Crippen molar-refractivity contribution in [1.82, 2.24) is 9.88 Å². The van der Waals surface area contributed by atoms with Crippen LogP contribution in [-0.2, 0) is 6.42 Å². The van der Waals surface area contributed by atoms with Crippen LogP contribution in [0.1, 0.15) is 24.1 Å². The van der Waals surface area contributed by atoms with Crippen molar-refractivity contribution in [3.05, 3.63) is 40.9 Å². The number of nitrogens with zero attached hydrogens (tertiary/aromatic N) is 4. The van der Waals surface area contributed by atoms with E-state index in [4.69, 9.17) is 0 Å². The molecule has 1 atom stereocenters. The summed E-state index contributed by atoms with van der Waals surface area (Å²) in [5, 5.41) is 0. The number of pyridine rings is 1.